The molecule has 1 spiro atoms. The van der Waals surface area contributed by atoms with Crippen molar-refractivity contribution >= 4 is 5.91 Å². The second-order valence-corrected chi connectivity index (χ2v) is 7.34. The Hall–Kier alpha value is -1.75. The number of rotatable bonds is 3. The predicted octanol–water partition coefficient (Wildman–Crippen LogP) is 2.63. The maximum absolute atomic E-state index is 11.9. The molecule has 1 amide bonds. The van der Waals surface area contributed by atoms with Gasteiger partial charge in [0.1, 0.15) is 11.5 Å². The largest absolute Gasteiger partial charge is 0.508 e. The molecule has 2 aliphatic rings. The van der Waals surface area contributed by atoms with E-state index in [9.17, 15) is 9.90 Å². The highest BCUT2D eigenvalue weighted by molar-refractivity contribution is 5.76. The molecule has 3 rings (SSSR count). The SMILES string of the molecule is COc1cc(O)ccc1CN1CCC2(CCC(=O)N(C)CC2)CC1. The Bertz CT molecular complexity index is 594. The lowest BCUT2D eigenvalue weighted by Gasteiger charge is -2.41. The van der Waals surface area contributed by atoms with Crippen LogP contribution in [0.4, 0.5) is 0 Å². The molecule has 5 heteroatoms. The number of amides is 1. The number of carbonyl (C=O) groups is 1. The number of benzene rings is 1. The highest BCUT2D eigenvalue weighted by Gasteiger charge is 2.37. The normalized spacial score (nSPS) is 21.8. The topological polar surface area (TPSA) is 53.0 Å². The van der Waals surface area contributed by atoms with E-state index in [1.165, 1.54) is 0 Å². The van der Waals surface area contributed by atoms with Crippen molar-refractivity contribution in [1.29, 1.82) is 0 Å². The van der Waals surface area contributed by atoms with E-state index in [0.717, 1.165) is 63.2 Å². The Morgan fingerprint density at radius 3 is 2.58 bits per heavy atom. The van der Waals surface area contributed by atoms with Crippen LogP contribution in [-0.2, 0) is 11.3 Å². The molecule has 2 fully saturated rings. The molecule has 1 N–H and O–H groups in total. The Morgan fingerprint density at radius 1 is 1.17 bits per heavy atom. The zero-order valence-electron chi connectivity index (χ0n) is 14.8. The van der Waals surface area contributed by atoms with Crippen molar-refractivity contribution in [2.24, 2.45) is 5.41 Å². The third kappa shape index (κ3) is 3.66. The number of hydrogen-bond donors (Lipinski definition) is 1. The molecule has 0 radical (unpaired) electrons. The van der Waals surface area contributed by atoms with Crippen molar-refractivity contribution in [3.8, 4) is 11.5 Å². The number of hydrogen-bond acceptors (Lipinski definition) is 4. The van der Waals surface area contributed by atoms with Gasteiger partial charge in [-0.3, -0.25) is 9.69 Å². The first-order chi connectivity index (χ1) is 11.5. The van der Waals surface area contributed by atoms with Crippen molar-refractivity contribution in [2.75, 3.05) is 33.8 Å². The van der Waals surface area contributed by atoms with Crippen LogP contribution in [0, 0.1) is 5.41 Å². The molecule has 0 aliphatic carbocycles. The standard InChI is InChI=1S/C19H28N2O3/c1-20-10-7-19(6-5-18(20)23)8-11-21(12-9-19)14-15-3-4-16(22)13-17(15)24-2/h3-4,13,22H,5-12,14H2,1-2H3. The molecule has 2 aliphatic heterocycles. The van der Waals surface area contributed by atoms with Gasteiger partial charge in [-0.1, -0.05) is 6.07 Å². The molecule has 2 saturated heterocycles. The van der Waals surface area contributed by atoms with Crippen LogP contribution in [0.15, 0.2) is 18.2 Å². The fourth-order valence-corrected chi connectivity index (χ4v) is 4.01. The van der Waals surface area contributed by atoms with Gasteiger partial charge in [-0.05, 0) is 50.3 Å². The van der Waals surface area contributed by atoms with Crippen LogP contribution in [0.5, 0.6) is 11.5 Å². The number of aromatic hydroxyl groups is 1. The summed E-state index contributed by atoms with van der Waals surface area (Å²) in [6, 6.07) is 5.33. The fourth-order valence-electron chi connectivity index (χ4n) is 4.01. The Morgan fingerprint density at radius 2 is 1.88 bits per heavy atom. The minimum absolute atomic E-state index is 0.237. The average Bonchev–Trinajstić information content (AvgIpc) is 2.73. The fraction of sp³-hybridized carbons (Fsp3) is 0.632. The lowest BCUT2D eigenvalue weighted by molar-refractivity contribution is -0.129. The zero-order chi connectivity index (χ0) is 17.2. The van der Waals surface area contributed by atoms with Gasteiger partial charge in [0.15, 0.2) is 0 Å². The number of phenolic OH excluding ortho intramolecular Hbond substituents is 1. The molecule has 1 aromatic rings. The molecule has 0 saturated carbocycles. The second-order valence-electron chi connectivity index (χ2n) is 7.34. The van der Waals surface area contributed by atoms with Gasteiger partial charge < -0.3 is 14.7 Å². The number of likely N-dealkylation sites (tertiary alicyclic amines) is 2. The van der Waals surface area contributed by atoms with E-state index in [4.69, 9.17) is 4.74 Å². The number of piperidine rings is 1. The smallest absolute Gasteiger partial charge is 0.222 e. The van der Waals surface area contributed by atoms with E-state index < -0.39 is 0 Å². The Labute approximate surface area is 144 Å². The first kappa shape index (κ1) is 17.1. The number of ether oxygens (including phenoxy) is 1. The van der Waals surface area contributed by atoms with Crippen molar-refractivity contribution in [1.82, 2.24) is 9.80 Å². The molecule has 24 heavy (non-hydrogen) atoms. The number of methoxy groups -OCH3 is 1. The summed E-state index contributed by atoms with van der Waals surface area (Å²) in [6.07, 6.45) is 5.18. The van der Waals surface area contributed by atoms with E-state index in [-0.39, 0.29) is 5.75 Å². The highest BCUT2D eigenvalue weighted by Crippen LogP contribution is 2.41. The lowest BCUT2D eigenvalue weighted by atomic mass is 9.73. The van der Waals surface area contributed by atoms with Gasteiger partial charge in [0.2, 0.25) is 5.91 Å². The zero-order valence-corrected chi connectivity index (χ0v) is 14.8. The van der Waals surface area contributed by atoms with Gasteiger partial charge in [-0.25, -0.2) is 0 Å². The maximum Gasteiger partial charge on any atom is 0.222 e. The monoisotopic (exact) mass is 332 g/mol. The quantitative estimate of drug-likeness (QED) is 0.924. The average molecular weight is 332 g/mol. The molecule has 2 heterocycles. The Kier molecular flexibility index (Phi) is 4.99. The predicted molar refractivity (Wildman–Crippen MR) is 93.1 cm³/mol. The number of phenols is 1. The summed E-state index contributed by atoms with van der Waals surface area (Å²) in [7, 11) is 3.57. The Balaban J connectivity index is 1.60. The number of nitrogens with zero attached hydrogens (tertiary/aromatic N) is 2. The summed E-state index contributed by atoms with van der Waals surface area (Å²) >= 11 is 0. The van der Waals surface area contributed by atoms with Gasteiger partial charge >= 0.3 is 0 Å². The summed E-state index contributed by atoms with van der Waals surface area (Å²) in [5.74, 6) is 1.28. The summed E-state index contributed by atoms with van der Waals surface area (Å²) in [4.78, 5) is 16.3. The van der Waals surface area contributed by atoms with Gasteiger partial charge in [0.25, 0.3) is 0 Å². The summed E-state index contributed by atoms with van der Waals surface area (Å²) in [5.41, 5.74) is 1.46. The maximum atomic E-state index is 11.9. The van der Waals surface area contributed by atoms with E-state index >= 15 is 0 Å². The van der Waals surface area contributed by atoms with Crippen molar-refractivity contribution < 1.29 is 14.6 Å². The molecule has 0 unspecified atom stereocenters. The molecule has 1 aromatic carbocycles. The van der Waals surface area contributed by atoms with Crippen LogP contribution in [-0.4, -0.2) is 54.6 Å². The van der Waals surface area contributed by atoms with Gasteiger partial charge in [-0.2, -0.15) is 0 Å². The molecular formula is C19H28N2O3. The van der Waals surface area contributed by atoms with Crippen LogP contribution in [0.1, 0.15) is 37.7 Å². The summed E-state index contributed by atoms with van der Waals surface area (Å²) < 4.78 is 5.39. The van der Waals surface area contributed by atoms with Gasteiger partial charge in [0.05, 0.1) is 7.11 Å². The molecular weight excluding hydrogens is 304 g/mol. The van der Waals surface area contributed by atoms with Crippen LogP contribution < -0.4 is 4.74 Å². The minimum atomic E-state index is 0.237. The molecule has 0 atom stereocenters. The second kappa shape index (κ2) is 7.01. The van der Waals surface area contributed by atoms with Crippen LogP contribution in [0.25, 0.3) is 0 Å². The molecule has 5 nitrogen and oxygen atoms in total. The first-order valence-corrected chi connectivity index (χ1v) is 8.84. The third-order valence-electron chi connectivity index (χ3n) is 5.85. The number of carbonyl (C=O) groups excluding carboxylic acids is 1. The molecule has 132 valence electrons. The molecule has 0 bridgehead atoms. The third-order valence-corrected chi connectivity index (χ3v) is 5.85. The molecule has 0 aromatic heterocycles. The first-order valence-electron chi connectivity index (χ1n) is 8.84. The van der Waals surface area contributed by atoms with Crippen LogP contribution in [0.3, 0.4) is 0 Å². The summed E-state index contributed by atoms with van der Waals surface area (Å²) in [5, 5.41) is 9.58. The summed E-state index contributed by atoms with van der Waals surface area (Å²) in [6.45, 7) is 3.85. The lowest BCUT2D eigenvalue weighted by Crippen LogP contribution is -2.40. The van der Waals surface area contributed by atoms with E-state index in [1.807, 2.05) is 18.0 Å². The van der Waals surface area contributed by atoms with E-state index in [1.54, 1.807) is 19.2 Å². The minimum Gasteiger partial charge on any atom is -0.508 e. The van der Waals surface area contributed by atoms with E-state index in [0.29, 0.717) is 17.7 Å². The van der Waals surface area contributed by atoms with Gasteiger partial charge in [-0.15, -0.1) is 0 Å². The van der Waals surface area contributed by atoms with Crippen LogP contribution >= 0.6 is 0 Å². The van der Waals surface area contributed by atoms with E-state index in [2.05, 4.69) is 4.90 Å². The van der Waals surface area contributed by atoms with Gasteiger partial charge in [0, 0.05) is 38.2 Å². The van der Waals surface area contributed by atoms with Crippen molar-refractivity contribution in [3.63, 3.8) is 0 Å². The van der Waals surface area contributed by atoms with Crippen LogP contribution in [0.2, 0.25) is 0 Å². The highest BCUT2D eigenvalue weighted by atomic mass is 16.5. The van der Waals surface area contributed by atoms with Crippen molar-refractivity contribution in [3.05, 3.63) is 23.8 Å². The van der Waals surface area contributed by atoms with Crippen molar-refractivity contribution in [2.45, 2.75) is 38.6 Å².